The van der Waals surface area contributed by atoms with Gasteiger partial charge in [-0.1, -0.05) is 28.1 Å². The molecule has 88 valence electrons. The minimum Gasteiger partial charge on any atom is -0.329 e. The van der Waals surface area contributed by atoms with Crippen molar-refractivity contribution in [1.29, 1.82) is 0 Å². The Hall–Kier alpha value is -0.380. The predicted octanol–water partition coefficient (Wildman–Crippen LogP) is 2.41. The summed E-state index contributed by atoms with van der Waals surface area (Å²) in [5.41, 5.74) is 7.26. The third-order valence-electron chi connectivity index (χ3n) is 3.31. The molecule has 0 aromatic heterocycles. The average Bonchev–Trinajstić information content (AvgIpc) is 2.82. The molecule has 1 atom stereocenters. The van der Waals surface area contributed by atoms with Gasteiger partial charge in [-0.15, -0.1) is 0 Å². The van der Waals surface area contributed by atoms with Crippen molar-refractivity contribution in [2.24, 2.45) is 5.73 Å². The van der Waals surface area contributed by atoms with Crippen molar-refractivity contribution in [2.75, 3.05) is 19.6 Å². The molecule has 2 nitrogen and oxygen atoms in total. The fourth-order valence-electron chi connectivity index (χ4n) is 2.36. The predicted molar refractivity (Wildman–Crippen MR) is 71.5 cm³/mol. The molecule has 1 aromatic rings. The van der Waals surface area contributed by atoms with Crippen LogP contribution in [-0.2, 0) is 6.42 Å². The van der Waals surface area contributed by atoms with Crippen LogP contribution in [0.4, 0.5) is 0 Å². The Bertz CT molecular complexity index is 317. The second kappa shape index (κ2) is 5.80. The van der Waals surface area contributed by atoms with E-state index in [9.17, 15) is 0 Å². The summed E-state index contributed by atoms with van der Waals surface area (Å²) in [5.74, 6) is 0. The Morgan fingerprint density at radius 3 is 2.38 bits per heavy atom. The highest BCUT2D eigenvalue weighted by molar-refractivity contribution is 9.10. The average molecular weight is 283 g/mol. The van der Waals surface area contributed by atoms with Gasteiger partial charge in [0.1, 0.15) is 0 Å². The number of rotatable bonds is 4. The molecule has 1 heterocycles. The van der Waals surface area contributed by atoms with Crippen molar-refractivity contribution in [3.05, 3.63) is 34.3 Å². The number of hydrogen-bond acceptors (Lipinski definition) is 2. The van der Waals surface area contributed by atoms with Gasteiger partial charge in [0.15, 0.2) is 0 Å². The van der Waals surface area contributed by atoms with Crippen molar-refractivity contribution in [3.8, 4) is 0 Å². The quantitative estimate of drug-likeness (QED) is 0.919. The van der Waals surface area contributed by atoms with Gasteiger partial charge in [0, 0.05) is 17.1 Å². The molecule has 1 aliphatic rings. The summed E-state index contributed by atoms with van der Waals surface area (Å²) in [6.45, 7) is 3.20. The zero-order chi connectivity index (χ0) is 11.4. The van der Waals surface area contributed by atoms with Crippen molar-refractivity contribution in [3.63, 3.8) is 0 Å². The van der Waals surface area contributed by atoms with E-state index in [1.807, 2.05) is 0 Å². The van der Waals surface area contributed by atoms with E-state index in [4.69, 9.17) is 5.73 Å². The fraction of sp³-hybridized carbons (Fsp3) is 0.538. The lowest BCUT2D eigenvalue weighted by Crippen LogP contribution is -2.40. The van der Waals surface area contributed by atoms with Crippen LogP contribution in [-0.4, -0.2) is 30.6 Å². The van der Waals surface area contributed by atoms with Crippen LogP contribution < -0.4 is 5.73 Å². The lowest BCUT2D eigenvalue weighted by molar-refractivity contribution is 0.246. The first-order chi connectivity index (χ1) is 7.79. The van der Waals surface area contributed by atoms with Gasteiger partial charge in [-0.3, -0.25) is 4.90 Å². The van der Waals surface area contributed by atoms with E-state index in [1.165, 1.54) is 31.5 Å². The van der Waals surface area contributed by atoms with Crippen molar-refractivity contribution in [2.45, 2.75) is 25.3 Å². The highest BCUT2D eigenvalue weighted by Gasteiger charge is 2.20. The SMILES string of the molecule is NCC(Cc1ccc(Br)cc1)N1CCCC1. The summed E-state index contributed by atoms with van der Waals surface area (Å²) in [6, 6.07) is 9.09. The number of benzene rings is 1. The summed E-state index contributed by atoms with van der Waals surface area (Å²) >= 11 is 3.46. The maximum Gasteiger partial charge on any atom is 0.0258 e. The van der Waals surface area contributed by atoms with Gasteiger partial charge in [0.05, 0.1) is 0 Å². The molecular formula is C13H19BrN2. The van der Waals surface area contributed by atoms with E-state index < -0.39 is 0 Å². The molecule has 1 aromatic carbocycles. The Balaban J connectivity index is 1.97. The lowest BCUT2D eigenvalue weighted by atomic mass is 10.1. The molecule has 0 radical (unpaired) electrons. The number of likely N-dealkylation sites (tertiary alicyclic amines) is 1. The molecule has 2 rings (SSSR count). The molecule has 1 saturated heterocycles. The molecule has 16 heavy (non-hydrogen) atoms. The van der Waals surface area contributed by atoms with Crippen LogP contribution in [0.3, 0.4) is 0 Å². The van der Waals surface area contributed by atoms with Crippen LogP contribution in [0.5, 0.6) is 0 Å². The van der Waals surface area contributed by atoms with Gasteiger partial charge in [-0.25, -0.2) is 0 Å². The van der Waals surface area contributed by atoms with Crippen LogP contribution in [0, 0.1) is 0 Å². The monoisotopic (exact) mass is 282 g/mol. The zero-order valence-corrected chi connectivity index (χ0v) is 11.1. The number of halogens is 1. The molecule has 0 saturated carbocycles. The van der Waals surface area contributed by atoms with Crippen LogP contribution in [0.1, 0.15) is 18.4 Å². The largest absolute Gasteiger partial charge is 0.329 e. The number of nitrogens with zero attached hydrogens (tertiary/aromatic N) is 1. The van der Waals surface area contributed by atoms with Crippen LogP contribution in [0.15, 0.2) is 28.7 Å². The maximum atomic E-state index is 5.88. The second-order valence-corrected chi connectivity index (χ2v) is 5.38. The van der Waals surface area contributed by atoms with E-state index in [2.05, 4.69) is 45.1 Å². The molecule has 1 fully saturated rings. The first-order valence-corrected chi connectivity index (χ1v) is 6.77. The Morgan fingerprint density at radius 1 is 1.19 bits per heavy atom. The third kappa shape index (κ3) is 3.06. The second-order valence-electron chi connectivity index (χ2n) is 4.46. The minimum atomic E-state index is 0.517. The maximum absolute atomic E-state index is 5.88. The molecule has 3 heteroatoms. The van der Waals surface area contributed by atoms with Gasteiger partial charge in [0.25, 0.3) is 0 Å². The first-order valence-electron chi connectivity index (χ1n) is 5.98. The Labute approximate surface area is 106 Å². The van der Waals surface area contributed by atoms with Gasteiger partial charge in [0.2, 0.25) is 0 Å². The van der Waals surface area contributed by atoms with E-state index in [-0.39, 0.29) is 0 Å². The molecule has 1 unspecified atom stereocenters. The van der Waals surface area contributed by atoms with E-state index in [1.54, 1.807) is 0 Å². The molecule has 1 aliphatic heterocycles. The van der Waals surface area contributed by atoms with Gasteiger partial charge in [-0.05, 0) is 50.0 Å². The van der Waals surface area contributed by atoms with Crippen LogP contribution in [0.25, 0.3) is 0 Å². The Kier molecular flexibility index (Phi) is 4.38. The van der Waals surface area contributed by atoms with Crippen LogP contribution >= 0.6 is 15.9 Å². The topological polar surface area (TPSA) is 29.3 Å². The van der Waals surface area contributed by atoms with Gasteiger partial charge < -0.3 is 5.73 Å². The van der Waals surface area contributed by atoms with Crippen molar-refractivity contribution in [1.82, 2.24) is 4.90 Å². The minimum absolute atomic E-state index is 0.517. The smallest absolute Gasteiger partial charge is 0.0258 e. The zero-order valence-electron chi connectivity index (χ0n) is 9.53. The summed E-state index contributed by atoms with van der Waals surface area (Å²) in [4.78, 5) is 2.53. The normalized spacial score (nSPS) is 18.9. The van der Waals surface area contributed by atoms with Gasteiger partial charge in [-0.2, -0.15) is 0 Å². The molecular weight excluding hydrogens is 264 g/mol. The van der Waals surface area contributed by atoms with Crippen molar-refractivity contribution >= 4 is 15.9 Å². The summed E-state index contributed by atoms with van der Waals surface area (Å²) in [5, 5.41) is 0. The first kappa shape index (κ1) is 12.1. The van der Waals surface area contributed by atoms with E-state index in [0.29, 0.717) is 6.04 Å². The molecule has 0 aliphatic carbocycles. The number of nitrogens with two attached hydrogens (primary N) is 1. The summed E-state index contributed by atoms with van der Waals surface area (Å²) in [6.07, 6.45) is 3.73. The third-order valence-corrected chi connectivity index (χ3v) is 3.84. The van der Waals surface area contributed by atoms with E-state index >= 15 is 0 Å². The summed E-state index contributed by atoms with van der Waals surface area (Å²) < 4.78 is 1.14. The summed E-state index contributed by atoms with van der Waals surface area (Å²) in [7, 11) is 0. The van der Waals surface area contributed by atoms with E-state index in [0.717, 1.165) is 17.4 Å². The van der Waals surface area contributed by atoms with Crippen LogP contribution in [0.2, 0.25) is 0 Å². The highest BCUT2D eigenvalue weighted by Crippen LogP contribution is 2.17. The Morgan fingerprint density at radius 2 is 1.81 bits per heavy atom. The molecule has 0 spiro atoms. The lowest BCUT2D eigenvalue weighted by Gasteiger charge is -2.26. The van der Waals surface area contributed by atoms with Crippen molar-refractivity contribution < 1.29 is 0 Å². The molecule has 2 N–H and O–H groups in total. The standard InChI is InChI=1S/C13H19BrN2/c14-12-5-3-11(4-6-12)9-13(10-15)16-7-1-2-8-16/h3-6,13H,1-2,7-10,15H2. The number of hydrogen-bond donors (Lipinski definition) is 1. The fourth-order valence-corrected chi connectivity index (χ4v) is 2.63. The molecule has 0 amide bonds. The van der Waals surface area contributed by atoms with Gasteiger partial charge >= 0.3 is 0 Å². The highest BCUT2D eigenvalue weighted by atomic mass is 79.9. The molecule has 0 bridgehead atoms.